The summed E-state index contributed by atoms with van der Waals surface area (Å²) in [6, 6.07) is 22.0. The number of fused-ring (bicyclic) bond motifs is 4. The van der Waals surface area contributed by atoms with Crippen molar-refractivity contribution in [3.05, 3.63) is 119 Å². The van der Waals surface area contributed by atoms with Gasteiger partial charge in [0, 0.05) is 53.7 Å². The predicted molar refractivity (Wildman–Crippen MR) is 265 cm³/mol. The van der Waals surface area contributed by atoms with E-state index in [9.17, 15) is 2.74 Å². The summed E-state index contributed by atoms with van der Waals surface area (Å²) in [5.74, 6) is -0.605. The van der Waals surface area contributed by atoms with Crippen LogP contribution in [-0.2, 0) is 4.74 Å². The van der Waals surface area contributed by atoms with Crippen molar-refractivity contribution in [1.29, 1.82) is 0 Å². The zero-order chi connectivity index (χ0) is 50.1. The van der Waals surface area contributed by atoms with Crippen molar-refractivity contribution in [3.8, 4) is 28.7 Å². The van der Waals surface area contributed by atoms with Crippen LogP contribution in [0, 0.1) is 34.8 Å². The fourth-order valence-electron chi connectivity index (χ4n) is 11.6. The molecule has 0 unspecified atom stereocenters. The van der Waals surface area contributed by atoms with Crippen molar-refractivity contribution in [3.63, 3.8) is 0 Å². The molecule has 10 rings (SSSR count). The van der Waals surface area contributed by atoms with Crippen molar-refractivity contribution in [2.75, 3.05) is 44.3 Å². The third-order valence-electron chi connectivity index (χ3n) is 15.0. The maximum Gasteiger partial charge on any atom is 0.319 e. The average Bonchev–Trinajstić information content (AvgIpc) is 3.70. The highest BCUT2D eigenvalue weighted by Gasteiger charge is 2.57. The van der Waals surface area contributed by atoms with Gasteiger partial charge in [0.1, 0.15) is 44.0 Å². The number of benzene rings is 4. The van der Waals surface area contributed by atoms with Crippen molar-refractivity contribution in [2.24, 2.45) is 10.9 Å². The number of rotatable bonds is 11. The van der Waals surface area contributed by atoms with E-state index in [0.29, 0.717) is 25.1 Å². The number of pyridine rings is 1. The van der Waals surface area contributed by atoms with E-state index in [0.717, 1.165) is 17.2 Å². The summed E-state index contributed by atoms with van der Waals surface area (Å²) in [6.45, 7) is 11.2. The highest BCUT2D eigenvalue weighted by atomic mass is 28.3. The van der Waals surface area contributed by atoms with E-state index in [-0.39, 0.29) is 99.3 Å². The Bertz CT molecular complexity index is 3060. The molecule has 2 aromatic heterocycles. The standard InChI is InChI=1S/C55H57F5N6O2Si/c1-32(2)69(33(3)4,34(5)6)23-18-40-45-37(25-44(57)46(40)58)24-39(62-49(35-14-9-7-10-15-35)36-16-11-8-12-17-36)26-41(45)50-48(60)51-42(28-61-50)53(66-21-22-67-30-43-47(59)52(43)66)64-54(63-51)68-31-55-19-13-20-65(55)29-38(56)27-55/h7-12,14-17,24-26,28,32-34,38,43,47,52H,13,19-22,27,29-31H2,1-6H3/t38-,43-,47-,52-,55+/m1/s1/i31D2. The number of hydrogen-bond acceptors (Lipinski definition) is 8. The lowest BCUT2D eigenvalue weighted by atomic mass is 9.94. The molecule has 4 fully saturated rings. The lowest BCUT2D eigenvalue weighted by molar-refractivity contribution is 0.107. The first-order chi connectivity index (χ1) is 34.0. The molecule has 5 heterocycles. The van der Waals surface area contributed by atoms with E-state index in [1.807, 2.05) is 60.7 Å². The molecule has 69 heavy (non-hydrogen) atoms. The van der Waals surface area contributed by atoms with Crippen LogP contribution in [0.5, 0.6) is 6.01 Å². The van der Waals surface area contributed by atoms with Gasteiger partial charge >= 0.3 is 6.01 Å². The third kappa shape index (κ3) is 8.38. The van der Waals surface area contributed by atoms with Crippen LogP contribution in [0.25, 0.3) is 32.9 Å². The first-order valence-corrected chi connectivity index (χ1v) is 26.3. The summed E-state index contributed by atoms with van der Waals surface area (Å²) in [6.07, 6.45) is -0.360. The van der Waals surface area contributed by atoms with Crippen molar-refractivity contribution in [1.82, 2.24) is 19.9 Å². The SMILES string of the molecule is [2H]C([2H])(Oc1nc(N2CCOC[C@@H]3[C@@H](F)[C@@H]32)c2cnc(-c3cc(N=C(c4ccccc4)c4ccccc4)cc4cc(F)c(F)c(C#C[Si](C(C)C)(C(C)C)C(C)C)c34)c(F)c2n1)[C@@]12CCCN1C[C@H](F)C2. The normalized spacial score (nSPS) is 23.1. The molecule has 0 N–H and O–H groups in total. The zero-order valence-corrected chi connectivity index (χ0v) is 40.7. The van der Waals surface area contributed by atoms with Gasteiger partial charge in [-0.15, -0.1) is 5.54 Å². The second kappa shape index (κ2) is 18.5. The van der Waals surface area contributed by atoms with Gasteiger partial charge in [0.05, 0.1) is 49.9 Å². The van der Waals surface area contributed by atoms with Crippen LogP contribution in [0.15, 0.2) is 90.1 Å². The van der Waals surface area contributed by atoms with Crippen LogP contribution in [0.1, 0.15) is 80.2 Å². The van der Waals surface area contributed by atoms with Gasteiger partial charge in [0.25, 0.3) is 0 Å². The zero-order valence-electron chi connectivity index (χ0n) is 41.7. The second-order valence-electron chi connectivity index (χ2n) is 19.9. The van der Waals surface area contributed by atoms with Crippen molar-refractivity contribution in [2.45, 2.75) is 101 Å². The molecule has 0 amide bonds. The molecule has 1 aliphatic carbocycles. The predicted octanol–water partition coefficient (Wildman–Crippen LogP) is 12.1. The Morgan fingerprint density at radius 1 is 0.928 bits per heavy atom. The summed E-state index contributed by atoms with van der Waals surface area (Å²) >= 11 is 0. The molecule has 0 radical (unpaired) electrons. The number of anilines is 1. The first-order valence-electron chi connectivity index (χ1n) is 25.1. The lowest BCUT2D eigenvalue weighted by Crippen LogP contribution is -2.43. The molecule has 0 bridgehead atoms. The van der Waals surface area contributed by atoms with Gasteiger partial charge in [-0.2, -0.15) is 9.97 Å². The van der Waals surface area contributed by atoms with Crippen LogP contribution >= 0.6 is 0 Å². The number of aliphatic imine (C=N–C) groups is 1. The number of ether oxygens (including phenoxy) is 2. The van der Waals surface area contributed by atoms with Crippen molar-refractivity contribution >= 4 is 47.0 Å². The highest BCUT2D eigenvalue weighted by Crippen LogP contribution is 2.47. The monoisotopic (exact) mass is 958 g/mol. The minimum atomic E-state index is -2.56. The Hall–Kier alpha value is -5.75. The molecule has 3 aliphatic heterocycles. The largest absolute Gasteiger partial charge is 0.461 e. The quantitative estimate of drug-likeness (QED) is 0.0554. The number of halogens is 5. The molecule has 358 valence electrons. The summed E-state index contributed by atoms with van der Waals surface area (Å²) in [4.78, 5) is 22.5. The fourth-order valence-corrected chi connectivity index (χ4v) is 16.8. The Balaban J connectivity index is 1.24. The third-order valence-corrected chi connectivity index (χ3v) is 21.3. The topological polar surface area (TPSA) is 76.0 Å². The summed E-state index contributed by atoms with van der Waals surface area (Å²) in [5.41, 5.74) is 4.21. The smallest absolute Gasteiger partial charge is 0.319 e. The van der Waals surface area contributed by atoms with E-state index in [1.54, 1.807) is 21.9 Å². The summed E-state index contributed by atoms with van der Waals surface area (Å²) in [7, 11) is -2.56. The first kappa shape index (κ1) is 44.5. The average molecular weight is 959 g/mol. The van der Waals surface area contributed by atoms with Crippen LogP contribution in [0.2, 0.25) is 16.6 Å². The van der Waals surface area contributed by atoms with E-state index in [1.165, 1.54) is 6.20 Å². The van der Waals surface area contributed by atoms with Crippen LogP contribution in [-0.4, -0.2) is 97.0 Å². The molecule has 6 aromatic rings. The molecule has 0 spiro atoms. The maximum absolute atomic E-state index is 18.3. The van der Waals surface area contributed by atoms with E-state index in [2.05, 4.69) is 63.0 Å². The van der Waals surface area contributed by atoms with Gasteiger partial charge in [-0.3, -0.25) is 9.88 Å². The van der Waals surface area contributed by atoms with Crippen molar-refractivity contribution < 1.29 is 34.2 Å². The Morgan fingerprint density at radius 2 is 1.62 bits per heavy atom. The Kier molecular flexibility index (Phi) is 11.9. The minimum absolute atomic E-state index is 0.0443. The molecule has 14 heteroatoms. The van der Waals surface area contributed by atoms with Gasteiger partial charge in [-0.25, -0.2) is 26.9 Å². The number of hydrogen-bond donors (Lipinski definition) is 0. The van der Waals surface area contributed by atoms with Gasteiger partial charge in [-0.1, -0.05) is 108 Å². The summed E-state index contributed by atoms with van der Waals surface area (Å²) in [5, 5.41) is 0.382. The molecular formula is C55H57F5N6O2Si. The molecule has 4 aliphatic rings. The van der Waals surface area contributed by atoms with E-state index in [4.69, 9.17) is 19.5 Å². The lowest BCUT2D eigenvalue weighted by Gasteiger charge is -2.38. The van der Waals surface area contributed by atoms with E-state index < -0.39 is 67.9 Å². The van der Waals surface area contributed by atoms with Gasteiger partial charge in [-0.05, 0) is 59.6 Å². The molecule has 8 nitrogen and oxygen atoms in total. The molecule has 1 saturated carbocycles. The molecule has 4 aromatic carbocycles. The van der Waals surface area contributed by atoms with Gasteiger partial charge < -0.3 is 14.4 Å². The van der Waals surface area contributed by atoms with Gasteiger partial charge in [0.2, 0.25) is 0 Å². The number of nitrogens with zero attached hydrogens (tertiary/aromatic N) is 6. The molecule has 3 saturated heterocycles. The maximum atomic E-state index is 18.3. The van der Waals surface area contributed by atoms with E-state index >= 15 is 22.0 Å². The number of aromatic nitrogens is 3. The minimum Gasteiger partial charge on any atom is -0.461 e. The molecular weight excluding hydrogens is 900 g/mol. The van der Waals surface area contributed by atoms with Crippen LogP contribution in [0.4, 0.5) is 33.5 Å². The molecule has 5 atom stereocenters. The highest BCUT2D eigenvalue weighted by molar-refractivity contribution is 6.90. The fraction of sp³-hybridized carbons (Fsp3) is 0.418. The second-order valence-corrected chi connectivity index (χ2v) is 25.5. The van der Waals surface area contributed by atoms with Crippen LogP contribution < -0.4 is 9.64 Å². The van der Waals surface area contributed by atoms with Gasteiger partial charge in [0.15, 0.2) is 17.5 Å². The van der Waals surface area contributed by atoms with Crippen LogP contribution in [0.3, 0.4) is 0 Å². The number of alkyl halides is 2. The Labute approximate surface area is 404 Å². The Morgan fingerprint density at radius 3 is 2.30 bits per heavy atom. The summed E-state index contributed by atoms with van der Waals surface area (Å²) < 4.78 is 112.